The highest BCUT2D eigenvalue weighted by Crippen LogP contribution is 2.29. The van der Waals surface area contributed by atoms with Gasteiger partial charge >= 0.3 is 0 Å². The van der Waals surface area contributed by atoms with Crippen LogP contribution in [0.25, 0.3) is 0 Å². The summed E-state index contributed by atoms with van der Waals surface area (Å²) in [5, 5.41) is 6.89. The number of benzene rings is 1. The molecule has 4 rings (SSSR count). The number of pyridine rings is 1. The molecule has 0 bridgehead atoms. The number of hydrogen-bond donors (Lipinski definition) is 1. The quantitative estimate of drug-likeness (QED) is 0.739. The number of carbonyl (C=O) groups is 1. The Hall–Kier alpha value is -3.35. The third-order valence-corrected chi connectivity index (χ3v) is 4.84. The van der Waals surface area contributed by atoms with Crippen LogP contribution in [0.4, 0.5) is 10.2 Å². The Balaban J connectivity index is 1.44. The molecular weight excluding hydrogens is 359 g/mol. The van der Waals surface area contributed by atoms with Crippen molar-refractivity contribution in [2.24, 2.45) is 0 Å². The van der Waals surface area contributed by atoms with Gasteiger partial charge in [-0.15, -0.1) is 0 Å². The van der Waals surface area contributed by atoms with Crippen molar-refractivity contribution >= 4 is 11.7 Å². The molecular formula is C21H19FN4O2. The number of carbonyl (C=O) groups excluding carboxylic acids is 1. The SMILES string of the molecule is O=C(Nc1ccc(Cc2cccc(F)c2)cn1)c1ccc(=O)n(C2CCC2)n1. The van der Waals surface area contributed by atoms with Gasteiger partial charge < -0.3 is 5.32 Å². The summed E-state index contributed by atoms with van der Waals surface area (Å²) in [5.41, 5.74) is 1.74. The Bertz CT molecular complexity index is 1060. The van der Waals surface area contributed by atoms with E-state index >= 15 is 0 Å². The molecule has 2 aromatic heterocycles. The fourth-order valence-electron chi connectivity index (χ4n) is 3.11. The minimum Gasteiger partial charge on any atom is -0.305 e. The average molecular weight is 378 g/mol. The van der Waals surface area contributed by atoms with Crippen LogP contribution in [-0.2, 0) is 6.42 Å². The Morgan fingerprint density at radius 3 is 2.68 bits per heavy atom. The highest BCUT2D eigenvalue weighted by molar-refractivity contribution is 6.02. The van der Waals surface area contributed by atoms with Crippen molar-refractivity contribution < 1.29 is 9.18 Å². The van der Waals surface area contributed by atoms with E-state index in [1.807, 2.05) is 12.1 Å². The zero-order valence-electron chi connectivity index (χ0n) is 15.1. The number of anilines is 1. The largest absolute Gasteiger partial charge is 0.305 e. The molecule has 1 N–H and O–H groups in total. The summed E-state index contributed by atoms with van der Waals surface area (Å²) in [7, 11) is 0. The van der Waals surface area contributed by atoms with Gasteiger partial charge in [0.2, 0.25) is 0 Å². The van der Waals surface area contributed by atoms with Crippen molar-refractivity contribution in [1.29, 1.82) is 0 Å². The lowest BCUT2D eigenvalue weighted by molar-refractivity contribution is 0.101. The molecule has 28 heavy (non-hydrogen) atoms. The van der Waals surface area contributed by atoms with Gasteiger partial charge in [-0.3, -0.25) is 9.59 Å². The summed E-state index contributed by atoms with van der Waals surface area (Å²) in [4.78, 5) is 28.6. The first-order valence-electron chi connectivity index (χ1n) is 9.19. The van der Waals surface area contributed by atoms with Gasteiger partial charge in [-0.05, 0) is 61.1 Å². The van der Waals surface area contributed by atoms with E-state index in [2.05, 4.69) is 15.4 Å². The molecule has 7 heteroatoms. The van der Waals surface area contributed by atoms with Crippen molar-refractivity contribution in [3.8, 4) is 0 Å². The number of hydrogen-bond acceptors (Lipinski definition) is 4. The van der Waals surface area contributed by atoms with Gasteiger partial charge in [-0.2, -0.15) is 5.10 Å². The highest BCUT2D eigenvalue weighted by Gasteiger charge is 2.22. The predicted molar refractivity (Wildman–Crippen MR) is 103 cm³/mol. The monoisotopic (exact) mass is 378 g/mol. The molecule has 0 unspecified atom stereocenters. The van der Waals surface area contributed by atoms with Crippen LogP contribution in [-0.4, -0.2) is 20.7 Å². The summed E-state index contributed by atoms with van der Waals surface area (Å²) >= 11 is 0. The lowest BCUT2D eigenvalue weighted by Gasteiger charge is -2.26. The number of nitrogens with one attached hydrogen (secondary N) is 1. The second-order valence-electron chi connectivity index (χ2n) is 6.90. The van der Waals surface area contributed by atoms with Crippen molar-refractivity contribution in [2.45, 2.75) is 31.7 Å². The van der Waals surface area contributed by atoms with E-state index < -0.39 is 5.91 Å². The fraction of sp³-hybridized carbons (Fsp3) is 0.238. The topological polar surface area (TPSA) is 76.9 Å². The Morgan fingerprint density at radius 2 is 2.00 bits per heavy atom. The molecule has 1 aromatic carbocycles. The van der Waals surface area contributed by atoms with Crippen molar-refractivity contribution in [2.75, 3.05) is 5.32 Å². The lowest BCUT2D eigenvalue weighted by Crippen LogP contribution is -2.32. The number of nitrogens with zero attached hydrogens (tertiary/aromatic N) is 3. The first-order chi connectivity index (χ1) is 13.6. The molecule has 1 aliphatic carbocycles. The summed E-state index contributed by atoms with van der Waals surface area (Å²) in [5.74, 6) is -0.306. The predicted octanol–water partition coefficient (Wildman–Crippen LogP) is 3.35. The van der Waals surface area contributed by atoms with Crippen LogP contribution in [0.3, 0.4) is 0 Å². The average Bonchev–Trinajstić information content (AvgIpc) is 2.64. The van der Waals surface area contributed by atoms with E-state index in [9.17, 15) is 14.0 Å². The van der Waals surface area contributed by atoms with Crippen LogP contribution in [0, 0.1) is 5.82 Å². The van der Waals surface area contributed by atoms with Crippen LogP contribution < -0.4 is 10.9 Å². The Kier molecular flexibility index (Phi) is 4.97. The molecule has 1 amide bonds. The zero-order chi connectivity index (χ0) is 19.5. The van der Waals surface area contributed by atoms with Crippen LogP contribution in [0.5, 0.6) is 0 Å². The number of amides is 1. The molecule has 1 aliphatic rings. The number of aromatic nitrogens is 3. The maximum Gasteiger partial charge on any atom is 0.277 e. The van der Waals surface area contributed by atoms with E-state index in [1.54, 1.807) is 18.3 Å². The summed E-state index contributed by atoms with van der Waals surface area (Å²) in [6.45, 7) is 0. The molecule has 0 saturated heterocycles. The third kappa shape index (κ3) is 3.98. The number of rotatable bonds is 5. The molecule has 1 fully saturated rings. The minimum atomic E-state index is -0.418. The van der Waals surface area contributed by atoms with E-state index in [0.29, 0.717) is 12.2 Å². The zero-order valence-corrected chi connectivity index (χ0v) is 15.1. The first kappa shape index (κ1) is 18.0. The van der Waals surface area contributed by atoms with Gasteiger partial charge in [0.05, 0.1) is 6.04 Å². The fourth-order valence-corrected chi connectivity index (χ4v) is 3.11. The second-order valence-corrected chi connectivity index (χ2v) is 6.90. The molecule has 0 spiro atoms. The maximum atomic E-state index is 13.3. The van der Waals surface area contributed by atoms with Gasteiger partial charge in [0.1, 0.15) is 17.3 Å². The van der Waals surface area contributed by atoms with E-state index in [0.717, 1.165) is 30.4 Å². The molecule has 0 atom stereocenters. The van der Waals surface area contributed by atoms with Crippen LogP contribution >= 0.6 is 0 Å². The third-order valence-electron chi connectivity index (χ3n) is 4.84. The van der Waals surface area contributed by atoms with Gasteiger partial charge in [0.15, 0.2) is 0 Å². The van der Waals surface area contributed by atoms with Gasteiger partial charge in [-0.1, -0.05) is 18.2 Å². The molecule has 142 valence electrons. The van der Waals surface area contributed by atoms with Crippen molar-refractivity contribution in [1.82, 2.24) is 14.8 Å². The van der Waals surface area contributed by atoms with Crippen LogP contribution in [0.2, 0.25) is 0 Å². The molecule has 0 radical (unpaired) electrons. The second kappa shape index (κ2) is 7.72. The van der Waals surface area contributed by atoms with Crippen molar-refractivity contribution in [3.63, 3.8) is 0 Å². The molecule has 0 aliphatic heterocycles. The highest BCUT2D eigenvalue weighted by atomic mass is 19.1. The van der Waals surface area contributed by atoms with Gasteiger partial charge in [0.25, 0.3) is 11.5 Å². The van der Waals surface area contributed by atoms with Gasteiger partial charge in [0, 0.05) is 12.3 Å². The molecule has 1 saturated carbocycles. The minimum absolute atomic E-state index is 0.0838. The van der Waals surface area contributed by atoms with E-state index in [4.69, 9.17) is 0 Å². The first-order valence-corrected chi connectivity index (χ1v) is 9.19. The Morgan fingerprint density at radius 1 is 1.14 bits per heavy atom. The van der Waals surface area contributed by atoms with Crippen molar-refractivity contribution in [3.05, 3.63) is 87.7 Å². The van der Waals surface area contributed by atoms with E-state index in [-0.39, 0.29) is 23.1 Å². The summed E-state index contributed by atoms with van der Waals surface area (Å²) < 4.78 is 14.7. The number of halogens is 1. The maximum absolute atomic E-state index is 13.3. The smallest absolute Gasteiger partial charge is 0.277 e. The van der Waals surface area contributed by atoms with Crippen LogP contribution in [0.1, 0.15) is 46.9 Å². The van der Waals surface area contributed by atoms with Crippen LogP contribution in [0.15, 0.2) is 59.5 Å². The lowest BCUT2D eigenvalue weighted by atomic mass is 9.93. The normalized spacial score (nSPS) is 13.8. The summed E-state index contributed by atoms with van der Waals surface area (Å²) in [6, 6.07) is 12.8. The van der Waals surface area contributed by atoms with E-state index in [1.165, 1.54) is 28.9 Å². The Labute approximate surface area is 161 Å². The standard InChI is InChI=1S/C21H19FN4O2/c22-16-4-1-3-14(12-16)11-15-7-9-19(23-13-15)24-21(28)18-8-10-20(27)26(25-18)17-5-2-6-17/h1,3-4,7-10,12-13,17H,2,5-6,11H2,(H,23,24,28). The summed E-state index contributed by atoms with van der Waals surface area (Å²) in [6.07, 6.45) is 5.08. The molecule has 3 aromatic rings. The molecule has 2 heterocycles. The van der Waals surface area contributed by atoms with Gasteiger partial charge in [-0.25, -0.2) is 14.1 Å². The molecule has 6 nitrogen and oxygen atoms in total.